The summed E-state index contributed by atoms with van der Waals surface area (Å²) in [6.45, 7) is 2.19. The van der Waals surface area contributed by atoms with E-state index in [2.05, 4.69) is 98.0 Å². The number of amidine groups is 1. The van der Waals surface area contributed by atoms with Crippen molar-refractivity contribution >= 4 is 37.5 Å². The van der Waals surface area contributed by atoms with Crippen molar-refractivity contribution in [3.8, 4) is 11.1 Å². The monoisotopic (exact) mass is 508 g/mol. The molecule has 0 bridgehead atoms. The Morgan fingerprint density at radius 1 is 0.944 bits per heavy atom. The zero-order valence-electron chi connectivity index (χ0n) is 20.5. The van der Waals surface area contributed by atoms with Crippen LogP contribution in [0.1, 0.15) is 55.1 Å². The number of benzene rings is 3. The third kappa shape index (κ3) is 6.01. The number of rotatable bonds is 7. The molecule has 5 rings (SSSR count). The molecule has 2 atom stereocenters. The molecule has 36 heavy (non-hydrogen) atoms. The summed E-state index contributed by atoms with van der Waals surface area (Å²) in [5.74, 6) is 0.807. The van der Waals surface area contributed by atoms with E-state index in [1.165, 1.54) is 16.7 Å². The normalized spacial score (nSPS) is 18.3. The second kappa shape index (κ2) is 11.8. The molecule has 0 amide bonds. The molecule has 180 valence electrons. The Morgan fingerprint density at radius 2 is 1.75 bits per heavy atom. The van der Waals surface area contributed by atoms with Crippen LogP contribution in [0.25, 0.3) is 17.2 Å². The Bertz CT molecular complexity index is 1370. The average Bonchev–Trinajstić information content (AvgIpc) is 2.94. The van der Waals surface area contributed by atoms with E-state index in [0.717, 1.165) is 53.7 Å². The van der Waals surface area contributed by atoms with E-state index in [1.807, 2.05) is 12.1 Å². The van der Waals surface area contributed by atoms with Crippen molar-refractivity contribution in [2.24, 2.45) is 9.98 Å². The number of nitrogens with zero attached hydrogens (tertiary/aromatic N) is 2. The lowest BCUT2D eigenvalue weighted by Crippen LogP contribution is -2.12. The first-order chi connectivity index (χ1) is 17.7. The summed E-state index contributed by atoms with van der Waals surface area (Å²) < 4.78 is 0. The molecule has 4 heteroatoms. The van der Waals surface area contributed by atoms with E-state index < -0.39 is 0 Å². The van der Waals surface area contributed by atoms with Crippen molar-refractivity contribution in [2.75, 3.05) is 0 Å². The van der Waals surface area contributed by atoms with Gasteiger partial charge >= 0.3 is 0 Å². The van der Waals surface area contributed by atoms with Gasteiger partial charge in [0.1, 0.15) is 0 Å². The molecular formula is C32H30ClN2P. The van der Waals surface area contributed by atoms with Gasteiger partial charge in [-0.25, -0.2) is 4.99 Å². The van der Waals surface area contributed by atoms with Crippen LogP contribution in [0.5, 0.6) is 0 Å². The van der Waals surface area contributed by atoms with Gasteiger partial charge in [0.05, 0.1) is 11.2 Å². The Hall–Kier alpha value is -3.06. The summed E-state index contributed by atoms with van der Waals surface area (Å²) in [5, 5.41) is 0.690. The average molecular weight is 509 g/mol. The van der Waals surface area contributed by atoms with Crippen LogP contribution in [0.2, 0.25) is 5.02 Å². The molecule has 3 aromatic rings. The zero-order valence-corrected chi connectivity index (χ0v) is 22.2. The number of unbranched alkanes of at least 4 members (excludes halogenated alkanes) is 1. The van der Waals surface area contributed by atoms with E-state index in [0.29, 0.717) is 13.6 Å². The van der Waals surface area contributed by atoms with Crippen molar-refractivity contribution in [2.45, 2.75) is 38.4 Å². The van der Waals surface area contributed by atoms with Gasteiger partial charge in [-0.1, -0.05) is 110 Å². The molecule has 0 fully saturated rings. The molecule has 3 aromatic carbocycles. The number of halogens is 1. The van der Waals surface area contributed by atoms with Crippen LogP contribution in [0.4, 0.5) is 0 Å². The highest BCUT2D eigenvalue weighted by molar-refractivity contribution is 7.60. The lowest BCUT2D eigenvalue weighted by atomic mass is 10.0. The fraction of sp³-hybridized carbons (Fsp3) is 0.188. The van der Waals surface area contributed by atoms with Gasteiger partial charge in [0.2, 0.25) is 0 Å². The predicted molar refractivity (Wildman–Crippen MR) is 159 cm³/mol. The van der Waals surface area contributed by atoms with Gasteiger partial charge in [-0.05, 0) is 73.9 Å². The molecule has 1 aliphatic carbocycles. The van der Waals surface area contributed by atoms with Gasteiger partial charge in [-0.3, -0.25) is 4.99 Å². The molecule has 0 spiro atoms. The minimum Gasteiger partial charge on any atom is -0.253 e. The van der Waals surface area contributed by atoms with Gasteiger partial charge < -0.3 is 0 Å². The van der Waals surface area contributed by atoms with Gasteiger partial charge in [-0.2, -0.15) is 0 Å². The molecule has 0 saturated carbocycles. The zero-order chi connectivity index (χ0) is 24.7. The van der Waals surface area contributed by atoms with Gasteiger partial charge in [0.25, 0.3) is 0 Å². The van der Waals surface area contributed by atoms with Crippen LogP contribution in [0, 0.1) is 0 Å². The van der Waals surface area contributed by atoms with Gasteiger partial charge in [-0.15, -0.1) is 0 Å². The Morgan fingerprint density at radius 3 is 2.50 bits per heavy atom. The van der Waals surface area contributed by atoms with E-state index in [4.69, 9.17) is 21.6 Å². The van der Waals surface area contributed by atoms with Crippen LogP contribution in [0.3, 0.4) is 0 Å². The Balaban J connectivity index is 1.51. The maximum Gasteiger partial charge on any atom is 0.156 e. The summed E-state index contributed by atoms with van der Waals surface area (Å²) >= 11 is 6.64. The van der Waals surface area contributed by atoms with E-state index in [-0.39, 0.29) is 5.78 Å². The summed E-state index contributed by atoms with van der Waals surface area (Å²) in [4.78, 5) is 10.2. The van der Waals surface area contributed by atoms with Crippen LogP contribution in [-0.4, -0.2) is 11.3 Å². The van der Waals surface area contributed by atoms with Crippen LogP contribution >= 0.6 is 20.2 Å². The van der Waals surface area contributed by atoms with Crippen LogP contribution in [-0.2, 0) is 0 Å². The van der Waals surface area contributed by atoms with E-state index in [1.54, 1.807) is 0 Å². The van der Waals surface area contributed by atoms with Gasteiger partial charge in [0, 0.05) is 10.6 Å². The summed E-state index contributed by atoms with van der Waals surface area (Å²) in [6.07, 6.45) is 15.6. The lowest BCUT2D eigenvalue weighted by molar-refractivity contribution is 0.962. The molecule has 1 aliphatic heterocycles. The van der Waals surface area contributed by atoms with Crippen molar-refractivity contribution in [3.05, 3.63) is 124 Å². The predicted octanol–water partition coefficient (Wildman–Crippen LogP) is 9.63. The van der Waals surface area contributed by atoms with Crippen molar-refractivity contribution in [3.63, 3.8) is 0 Å². The number of aliphatic imine (C=N–C) groups is 2. The van der Waals surface area contributed by atoms with Crippen LogP contribution < -0.4 is 0 Å². The first-order valence-corrected chi connectivity index (χ1v) is 14.1. The maximum absolute atomic E-state index is 6.64. The van der Waals surface area contributed by atoms with Crippen molar-refractivity contribution in [1.82, 2.24) is 0 Å². The lowest BCUT2D eigenvalue weighted by Gasteiger charge is -2.22. The molecule has 2 nitrogen and oxygen atoms in total. The molecule has 2 unspecified atom stereocenters. The highest BCUT2D eigenvalue weighted by Crippen LogP contribution is 2.43. The van der Waals surface area contributed by atoms with E-state index >= 15 is 0 Å². The highest BCUT2D eigenvalue weighted by atomic mass is 35.5. The first kappa shape index (κ1) is 24.6. The minimum absolute atomic E-state index is 0.0570. The second-order valence-corrected chi connectivity index (χ2v) is 10.8. The number of hydrogen-bond acceptors (Lipinski definition) is 2. The smallest absolute Gasteiger partial charge is 0.156 e. The first-order valence-electron chi connectivity index (χ1n) is 12.6. The van der Waals surface area contributed by atoms with Crippen molar-refractivity contribution in [1.29, 1.82) is 0 Å². The van der Waals surface area contributed by atoms with Crippen LogP contribution in [0.15, 0.2) is 113 Å². The second-order valence-electron chi connectivity index (χ2n) is 9.05. The highest BCUT2D eigenvalue weighted by Gasteiger charge is 2.23. The molecule has 2 aliphatic rings. The summed E-state index contributed by atoms with van der Waals surface area (Å²) in [5.41, 5.74) is 7.92. The Labute approximate surface area is 221 Å². The Kier molecular flexibility index (Phi) is 8.06. The third-order valence-corrected chi connectivity index (χ3v) is 7.92. The standard InChI is InChI=1S/C32H30ClN2P/c1-2-3-6-11-23-16-18-24(19-17-23)27-20-28(22-29(33)21-27)30-34-31(25-12-7-4-8-13-25)36-32(35-30)26-14-9-5-10-15-26/h4,6-9,11-22,31,36H,2-3,5,10H2,1H3/b11-6+. The molecule has 0 aromatic heterocycles. The SMILES string of the molecule is CCC/C=C/c1ccc(-c2cc(Cl)cc(C3=NC(c4ccccc4)PC(C4=CCCC=C4)=N3)c2)cc1. The maximum atomic E-state index is 6.64. The molecule has 0 N–H and O–H groups in total. The fourth-order valence-electron chi connectivity index (χ4n) is 4.38. The summed E-state index contributed by atoms with van der Waals surface area (Å²) in [6, 6.07) is 25.3. The third-order valence-electron chi connectivity index (χ3n) is 6.29. The minimum atomic E-state index is 0.0570. The van der Waals surface area contributed by atoms with E-state index in [9.17, 15) is 0 Å². The quantitative estimate of drug-likeness (QED) is 0.284. The molecular weight excluding hydrogens is 479 g/mol. The summed E-state index contributed by atoms with van der Waals surface area (Å²) in [7, 11) is 0.492. The molecule has 0 radical (unpaired) electrons. The number of hydrogen-bond donors (Lipinski definition) is 0. The van der Waals surface area contributed by atoms with Crippen molar-refractivity contribution < 1.29 is 0 Å². The van der Waals surface area contributed by atoms with Gasteiger partial charge in [0.15, 0.2) is 5.84 Å². The number of allylic oxidation sites excluding steroid dienone is 5. The molecule has 1 heterocycles. The fourth-order valence-corrected chi connectivity index (χ4v) is 5.94. The molecule has 0 saturated heterocycles. The largest absolute Gasteiger partial charge is 0.253 e. The topological polar surface area (TPSA) is 24.7 Å².